The van der Waals surface area contributed by atoms with E-state index >= 15 is 0 Å². The second kappa shape index (κ2) is 70.3. The smallest absolute Gasteiger partial charge is 0.306 e. The summed E-state index contributed by atoms with van der Waals surface area (Å²) >= 11 is 0. The predicted molar refractivity (Wildman–Crippen MR) is 358 cm³/mol. The lowest BCUT2D eigenvalue weighted by atomic mass is 10.0. The number of hydrogen-bond donors (Lipinski definition) is 0. The molecule has 0 aromatic carbocycles. The summed E-state index contributed by atoms with van der Waals surface area (Å²) in [6.07, 6.45) is 92.1. The van der Waals surface area contributed by atoms with Crippen LogP contribution < -0.4 is 0 Å². The maximum absolute atomic E-state index is 13.0. The van der Waals surface area contributed by atoms with Crippen molar-refractivity contribution in [3.63, 3.8) is 0 Å². The van der Waals surface area contributed by atoms with Crippen molar-refractivity contribution in [2.75, 3.05) is 13.2 Å². The fraction of sp³-hybridized carbons (Fsp3) is 0.803. The van der Waals surface area contributed by atoms with Gasteiger partial charge in [0.1, 0.15) is 13.2 Å². The summed E-state index contributed by atoms with van der Waals surface area (Å²) < 4.78 is 17.0. The lowest BCUT2D eigenvalue weighted by Crippen LogP contribution is -2.30. The third-order valence-corrected chi connectivity index (χ3v) is 15.9. The summed E-state index contributed by atoms with van der Waals surface area (Å²) in [6, 6.07) is 0. The number of allylic oxidation sites excluding steroid dienone is 12. The van der Waals surface area contributed by atoms with Crippen LogP contribution in [0.15, 0.2) is 72.9 Å². The third-order valence-electron chi connectivity index (χ3n) is 15.9. The van der Waals surface area contributed by atoms with Crippen LogP contribution in [-0.2, 0) is 28.6 Å². The average molecular weight is 1150 g/mol. The number of hydrogen-bond acceptors (Lipinski definition) is 6. The normalized spacial score (nSPS) is 12.5. The first kappa shape index (κ1) is 78.8. The Morgan fingerprint density at radius 3 is 0.744 bits per heavy atom. The van der Waals surface area contributed by atoms with E-state index in [1.807, 2.05) is 0 Å². The zero-order chi connectivity index (χ0) is 59.2. The molecule has 0 spiro atoms. The highest BCUT2D eigenvalue weighted by Crippen LogP contribution is 2.18. The molecule has 0 rings (SSSR count). The van der Waals surface area contributed by atoms with Gasteiger partial charge in [-0.25, -0.2) is 0 Å². The highest BCUT2D eigenvalue weighted by molar-refractivity contribution is 5.71. The van der Waals surface area contributed by atoms with Crippen molar-refractivity contribution in [3.05, 3.63) is 72.9 Å². The quantitative estimate of drug-likeness (QED) is 0.0261. The fourth-order valence-corrected chi connectivity index (χ4v) is 10.6. The lowest BCUT2D eigenvalue weighted by molar-refractivity contribution is -0.167. The largest absolute Gasteiger partial charge is 0.462 e. The van der Waals surface area contributed by atoms with Crippen LogP contribution in [0.5, 0.6) is 0 Å². The van der Waals surface area contributed by atoms with Crippen LogP contribution in [0.3, 0.4) is 0 Å². The molecule has 0 bridgehead atoms. The number of ether oxygens (including phenoxy) is 3. The van der Waals surface area contributed by atoms with E-state index in [1.54, 1.807) is 0 Å². The van der Waals surface area contributed by atoms with E-state index in [9.17, 15) is 14.4 Å². The van der Waals surface area contributed by atoms with Crippen molar-refractivity contribution in [1.29, 1.82) is 0 Å². The Kier molecular flexibility index (Phi) is 67.6. The van der Waals surface area contributed by atoms with E-state index in [0.717, 1.165) is 89.9 Å². The molecular weight excluding hydrogens is 1010 g/mol. The Morgan fingerprint density at radius 2 is 0.476 bits per heavy atom. The van der Waals surface area contributed by atoms with Crippen LogP contribution in [0.2, 0.25) is 0 Å². The molecule has 0 radical (unpaired) electrons. The highest BCUT2D eigenvalue weighted by atomic mass is 16.6. The fourth-order valence-electron chi connectivity index (χ4n) is 10.6. The average Bonchev–Trinajstić information content (AvgIpc) is 3.47. The molecule has 0 saturated carbocycles. The number of carbonyl (C=O) groups excluding carboxylic acids is 3. The summed E-state index contributed by atoms with van der Waals surface area (Å²) in [4.78, 5) is 38.5. The van der Waals surface area contributed by atoms with Gasteiger partial charge in [-0.15, -0.1) is 0 Å². The van der Waals surface area contributed by atoms with Gasteiger partial charge < -0.3 is 14.2 Å². The van der Waals surface area contributed by atoms with E-state index in [2.05, 4.69) is 93.7 Å². The van der Waals surface area contributed by atoms with Gasteiger partial charge in [-0.1, -0.05) is 338 Å². The summed E-state index contributed by atoms with van der Waals surface area (Å²) in [5.41, 5.74) is 0. The lowest BCUT2D eigenvalue weighted by Gasteiger charge is -2.18. The molecule has 0 fully saturated rings. The maximum Gasteiger partial charge on any atom is 0.306 e. The summed E-state index contributed by atoms with van der Waals surface area (Å²) in [6.45, 7) is 6.57. The van der Waals surface area contributed by atoms with Gasteiger partial charge in [0.2, 0.25) is 0 Å². The Bertz CT molecular complexity index is 1500. The Labute approximate surface area is 510 Å². The molecule has 0 heterocycles. The second-order valence-corrected chi connectivity index (χ2v) is 24.1. The molecule has 0 N–H and O–H groups in total. The summed E-state index contributed by atoms with van der Waals surface area (Å²) in [7, 11) is 0. The van der Waals surface area contributed by atoms with E-state index < -0.39 is 6.10 Å². The summed E-state index contributed by atoms with van der Waals surface area (Å²) in [5, 5.41) is 0. The Balaban J connectivity index is 4.24. The number of rotatable bonds is 66. The molecule has 476 valence electrons. The van der Waals surface area contributed by atoms with E-state index in [1.165, 1.54) is 244 Å². The molecule has 0 aromatic rings. The molecule has 6 heteroatoms. The first-order valence-electron chi connectivity index (χ1n) is 35.9. The third kappa shape index (κ3) is 67.6. The number of carbonyl (C=O) groups is 3. The molecule has 0 aliphatic carbocycles. The zero-order valence-electron chi connectivity index (χ0n) is 54.8. The van der Waals surface area contributed by atoms with Gasteiger partial charge in [-0.3, -0.25) is 14.4 Å². The van der Waals surface area contributed by atoms with Crippen molar-refractivity contribution in [2.24, 2.45) is 0 Å². The van der Waals surface area contributed by atoms with E-state index in [0.29, 0.717) is 19.3 Å². The van der Waals surface area contributed by atoms with Gasteiger partial charge in [0.05, 0.1) is 0 Å². The van der Waals surface area contributed by atoms with Crippen molar-refractivity contribution in [1.82, 2.24) is 0 Å². The van der Waals surface area contributed by atoms with Crippen molar-refractivity contribution >= 4 is 17.9 Å². The summed E-state index contributed by atoms with van der Waals surface area (Å²) in [5.74, 6) is -0.851. The molecule has 1 unspecified atom stereocenters. The maximum atomic E-state index is 13.0. The molecule has 0 aliphatic heterocycles. The minimum absolute atomic E-state index is 0.0714. The van der Waals surface area contributed by atoms with Gasteiger partial charge in [0, 0.05) is 19.3 Å². The predicted octanol–water partition coefficient (Wildman–Crippen LogP) is 24.8. The van der Waals surface area contributed by atoms with Crippen LogP contribution >= 0.6 is 0 Å². The molecule has 0 saturated heterocycles. The van der Waals surface area contributed by atoms with Crippen LogP contribution in [-0.4, -0.2) is 37.2 Å². The molecular formula is C76H136O6. The topological polar surface area (TPSA) is 78.9 Å². The van der Waals surface area contributed by atoms with Crippen molar-refractivity contribution in [2.45, 2.75) is 380 Å². The number of esters is 3. The van der Waals surface area contributed by atoms with Gasteiger partial charge in [-0.2, -0.15) is 0 Å². The zero-order valence-corrected chi connectivity index (χ0v) is 54.8. The standard InChI is InChI=1S/C76H136O6/c1-4-7-10-13-16-19-22-25-28-30-32-34-35-36-37-38-39-40-41-43-44-46-48-51-54-57-60-63-66-69-75(78)81-72-73(71-80-74(77)68-65-62-59-56-53-50-27-24-21-18-15-12-9-6-3)82-76(79)70-67-64-61-58-55-52-49-47-45-42-33-31-29-26-23-20-17-14-11-8-5-2/h7,10,16,19,23,25-26,28,31-34,73H,4-6,8-9,11-15,17-18,20-22,24,27,29-30,35-72H2,1-3H3/b10-7-,19-16-,26-23-,28-25-,33-31-,34-32-. The minimum atomic E-state index is -0.776. The Morgan fingerprint density at radius 1 is 0.256 bits per heavy atom. The molecule has 0 aliphatic rings. The minimum Gasteiger partial charge on any atom is -0.462 e. The van der Waals surface area contributed by atoms with Gasteiger partial charge in [-0.05, 0) is 89.9 Å². The van der Waals surface area contributed by atoms with E-state index in [-0.39, 0.29) is 31.1 Å². The molecule has 82 heavy (non-hydrogen) atoms. The number of unbranched alkanes of at least 4 members (excludes halogenated alkanes) is 43. The van der Waals surface area contributed by atoms with Crippen LogP contribution in [0.4, 0.5) is 0 Å². The first-order chi connectivity index (χ1) is 40.5. The highest BCUT2D eigenvalue weighted by Gasteiger charge is 2.19. The Hall–Kier alpha value is -3.15. The second-order valence-electron chi connectivity index (χ2n) is 24.1. The molecule has 6 nitrogen and oxygen atoms in total. The van der Waals surface area contributed by atoms with Gasteiger partial charge >= 0.3 is 17.9 Å². The molecule has 0 amide bonds. The van der Waals surface area contributed by atoms with Gasteiger partial charge in [0.15, 0.2) is 6.10 Å². The van der Waals surface area contributed by atoms with Crippen LogP contribution in [0.25, 0.3) is 0 Å². The molecule has 0 aromatic heterocycles. The molecule has 1 atom stereocenters. The SMILES string of the molecule is CC/C=C\C/C=C\C/C=C\C/C=C\CCCCCCCCCCCCCCCCCCC(=O)OCC(COC(=O)CCCCCCCCCCCCCCCC)OC(=O)CCCCCCCCCCC/C=C\C/C=C\CCCCCCC. The van der Waals surface area contributed by atoms with Crippen LogP contribution in [0.1, 0.15) is 374 Å². The monoisotopic (exact) mass is 1150 g/mol. The van der Waals surface area contributed by atoms with E-state index in [4.69, 9.17) is 14.2 Å². The van der Waals surface area contributed by atoms with Gasteiger partial charge in [0.25, 0.3) is 0 Å². The van der Waals surface area contributed by atoms with Crippen molar-refractivity contribution in [3.8, 4) is 0 Å². The van der Waals surface area contributed by atoms with Crippen LogP contribution in [0, 0.1) is 0 Å². The first-order valence-corrected chi connectivity index (χ1v) is 35.9. The van der Waals surface area contributed by atoms with Crippen molar-refractivity contribution < 1.29 is 28.6 Å².